The van der Waals surface area contributed by atoms with Gasteiger partial charge in [0.2, 0.25) is 0 Å². The van der Waals surface area contributed by atoms with Crippen LogP contribution in [0.2, 0.25) is 0 Å². The van der Waals surface area contributed by atoms with Gasteiger partial charge in [0, 0.05) is 38.4 Å². The molecule has 2 aromatic rings. The largest absolute Gasteiger partial charge is 0.478 e. The van der Waals surface area contributed by atoms with Crippen LogP contribution in [0, 0.1) is 0 Å². The lowest BCUT2D eigenvalue weighted by Crippen LogP contribution is -2.24. The molecule has 0 saturated carbocycles. The van der Waals surface area contributed by atoms with Gasteiger partial charge in [-0.25, -0.2) is 4.79 Å². The quantitative estimate of drug-likeness (QED) is 0.733. The molecule has 1 aliphatic heterocycles. The van der Waals surface area contributed by atoms with E-state index in [1.54, 1.807) is 6.92 Å². The zero-order valence-corrected chi connectivity index (χ0v) is 15.0. The first-order valence-electron chi connectivity index (χ1n) is 9.15. The normalized spacial score (nSPS) is 13.9. The van der Waals surface area contributed by atoms with Crippen molar-refractivity contribution in [3.8, 4) is 0 Å². The average molecular weight is 360 g/mol. The molecule has 2 aromatic heterocycles. The lowest BCUT2D eigenvalue weighted by molar-refractivity contribution is 0.0694. The number of hydrogen-bond donors (Lipinski definition) is 2. The molecular formula is C18H24N4O4. The molecule has 140 valence electrons. The molecule has 2 N–H and O–H groups in total. The lowest BCUT2D eigenvalue weighted by Gasteiger charge is -2.07. The zero-order valence-electron chi connectivity index (χ0n) is 15.0. The highest BCUT2D eigenvalue weighted by Gasteiger charge is 2.20. The summed E-state index contributed by atoms with van der Waals surface area (Å²) in [4.78, 5) is 23.3. The summed E-state index contributed by atoms with van der Waals surface area (Å²) < 4.78 is 7.56. The van der Waals surface area contributed by atoms with E-state index in [1.807, 2.05) is 0 Å². The average Bonchev–Trinajstić information content (AvgIpc) is 3.16. The second kappa shape index (κ2) is 8.16. The maximum Gasteiger partial charge on any atom is 0.339 e. The Morgan fingerprint density at radius 2 is 2.15 bits per heavy atom. The maximum atomic E-state index is 12.2. The standard InChI is InChI=1S/C18H24N4O4/c1-2-13-12(18(24)25)11-14(26-13)17(23)19-9-6-8-16-21-20-15-7-4-3-5-10-22(15)16/h11H,2-10H2,1H3,(H,19,23)(H,24,25). The van der Waals surface area contributed by atoms with Gasteiger partial charge in [0.1, 0.15) is 23.0 Å². The fourth-order valence-corrected chi connectivity index (χ4v) is 3.25. The van der Waals surface area contributed by atoms with Crippen molar-refractivity contribution in [1.82, 2.24) is 20.1 Å². The third-order valence-electron chi connectivity index (χ3n) is 4.63. The third-order valence-corrected chi connectivity index (χ3v) is 4.63. The van der Waals surface area contributed by atoms with Crippen LogP contribution in [0.3, 0.4) is 0 Å². The van der Waals surface area contributed by atoms with Crippen LogP contribution in [0.1, 0.15) is 70.9 Å². The van der Waals surface area contributed by atoms with E-state index >= 15 is 0 Å². The Labute approximate surface area is 151 Å². The number of carboxylic acids is 1. The number of aromatic carboxylic acids is 1. The second-order valence-electron chi connectivity index (χ2n) is 6.46. The Balaban J connectivity index is 1.52. The van der Waals surface area contributed by atoms with E-state index in [-0.39, 0.29) is 11.3 Å². The molecule has 0 atom stereocenters. The van der Waals surface area contributed by atoms with Gasteiger partial charge < -0.3 is 19.4 Å². The van der Waals surface area contributed by atoms with Crippen LogP contribution in [-0.2, 0) is 25.8 Å². The fourth-order valence-electron chi connectivity index (χ4n) is 3.25. The highest BCUT2D eigenvalue weighted by molar-refractivity contribution is 5.96. The summed E-state index contributed by atoms with van der Waals surface area (Å²) in [6, 6.07) is 1.29. The van der Waals surface area contributed by atoms with Crippen molar-refractivity contribution in [3.63, 3.8) is 0 Å². The van der Waals surface area contributed by atoms with Gasteiger partial charge >= 0.3 is 5.97 Å². The number of carboxylic acid groups (broad SMARTS) is 1. The number of amides is 1. The topological polar surface area (TPSA) is 110 Å². The van der Waals surface area contributed by atoms with E-state index in [0.717, 1.165) is 50.3 Å². The van der Waals surface area contributed by atoms with E-state index in [1.165, 1.54) is 12.5 Å². The summed E-state index contributed by atoms with van der Waals surface area (Å²) in [7, 11) is 0. The molecule has 0 spiro atoms. The van der Waals surface area contributed by atoms with Gasteiger partial charge in [-0.15, -0.1) is 10.2 Å². The first kappa shape index (κ1) is 18.2. The molecule has 0 unspecified atom stereocenters. The van der Waals surface area contributed by atoms with E-state index in [2.05, 4.69) is 20.1 Å². The molecule has 8 nitrogen and oxygen atoms in total. The summed E-state index contributed by atoms with van der Waals surface area (Å²) in [5.41, 5.74) is 0.0452. The number of fused-ring (bicyclic) bond motifs is 1. The first-order chi connectivity index (χ1) is 12.6. The number of nitrogens with one attached hydrogen (secondary N) is 1. The number of furan rings is 1. The van der Waals surface area contributed by atoms with E-state index in [9.17, 15) is 9.59 Å². The molecule has 1 amide bonds. The van der Waals surface area contributed by atoms with E-state index < -0.39 is 11.9 Å². The molecule has 8 heteroatoms. The Kier molecular flexibility index (Phi) is 5.70. The van der Waals surface area contributed by atoms with Crippen molar-refractivity contribution >= 4 is 11.9 Å². The van der Waals surface area contributed by atoms with Crippen LogP contribution < -0.4 is 5.32 Å². The van der Waals surface area contributed by atoms with Crippen LogP contribution in [-0.4, -0.2) is 38.3 Å². The number of hydrogen-bond acceptors (Lipinski definition) is 5. The first-order valence-corrected chi connectivity index (χ1v) is 9.15. The second-order valence-corrected chi connectivity index (χ2v) is 6.46. The minimum Gasteiger partial charge on any atom is -0.478 e. The van der Waals surface area contributed by atoms with Gasteiger partial charge in [-0.05, 0) is 19.3 Å². The predicted molar refractivity (Wildman–Crippen MR) is 93.3 cm³/mol. The SMILES string of the molecule is CCc1oc(C(=O)NCCCc2nnc3n2CCCCC3)cc1C(=O)O. The molecule has 26 heavy (non-hydrogen) atoms. The van der Waals surface area contributed by atoms with Crippen molar-refractivity contribution in [2.45, 2.75) is 58.4 Å². The number of aromatic nitrogens is 3. The molecule has 3 heterocycles. The molecule has 0 aromatic carbocycles. The van der Waals surface area contributed by atoms with Gasteiger partial charge in [0.15, 0.2) is 5.76 Å². The summed E-state index contributed by atoms with van der Waals surface area (Å²) >= 11 is 0. The van der Waals surface area contributed by atoms with E-state index in [0.29, 0.717) is 18.7 Å². The summed E-state index contributed by atoms with van der Waals surface area (Å²) in [6.07, 6.45) is 6.41. The van der Waals surface area contributed by atoms with Crippen LogP contribution in [0.15, 0.2) is 10.5 Å². The number of carbonyl (C=O) groups excluding carboxylic acids is 1. The monoisotopic (exact) mass is 360 g/mol. The predicted octanol–water partition coefficient (Wildman–Crippen LogP) is 2.22. The maximum absolute atomic E-state index is 12.2. The Morgan fingerprint density at radius 3 is 2.88 bits per heavy atom. The van der Waals surface area contributed by atoms with Crippen molar-refractivity contribution in [1.29, 1.82) is 0 Å². The van der Waals surface area contributed by atoms with Gasteiger partial charge in [-0.1, -0.05) is 13.3 Å². The number of nitrogens with zero attached hydrogens (tertiary/aromatic N) is 3. The van der Waals surface area contributed by atoms with Crippen molar-refractivity contribution < 1.29 is 19.1 Å². The van der Waals surface area contributed by atoms with Crippen LogP contribution >= 0.6 is 0 Å². The summed E-state index contributed by atoms with van der Waals surface area (Å²) in [6.45, 7) is 3.22. The molecule has 0 bridgehead atoms. The molecule has 3 rings (SSSR count). The van der Waals surface area contributed by atoms with Gasteiger partial charge in [0.25, 0.3) is 5.91 Å². The smallest absolute Gasteiger partial charge is 0.339 e. The Morgan fingerprint density at radius 1 is 1.31 bits per heavy atom. The number of carbonyl (C=O) groups is 2. The lowest BCUT2D eigenvalue weighted by atomic mass is 10.2. The number of rotatable bonds is 7. The highest BCUT2D eigenvalue weighted by atomic mass is 16.4. The highest BCUT2D eigenvalue weighted by Crippen LogP contribution is 2.17. The van der Waals surface area contributed by atoms with Crippen molar-refractivity contribution in [2.75, 3.05) is 6.54 Å². The molecular weight excluding hydrogens is 336 g/mol. The minimum absolute atomic E-state index is 0.0376. The van der Waals surface area contributed by atoms with E-state index in [4.69, 9.17) is 9.52 Å². The van der Waals surface area contributed by atoms with Crippen LogP contribution in [0.25, 0.3) is 0 Å². The Bertz CT molecular complexity index is 793. The molecule has 0 fully saturated rings. The number of aryl methyl sites for hydroxylation is 3. The fraction of sp³-hybridized carbons (Fsp3) is 0.556. The molecule has 0 saturated heterocycles. The molecule has 0 radical (unpaired) electrons. The minimum atomic E-state index is -1.09. The van der Waals surface area contributed by atoms with Gasteiger partial charge in [-0.3, -0.25) is 4.79 Å². The van der Waals surface area contributed by atoms with Crippen LogP contribution in [0.4, 0.5) is 0 Å². The van der Waals surface area contributed by atoms with Crippen LogP contribution in [0.5, 0.6) is 0 Å². The third kappa shape index (κ3) is 3.95. The zero-order chi connectivity index (χ0) is 18.5. The van der Waals surface area contributed by atoms with Crippen molar-refractivity contribution in [2.24, 2.45) is 0 Å². The van der Waals surface area contributed by atoms with Crippen molar-refractivity contribution in [3.05, 3.63) is 34.8 Å². The summed E-state index contributed by atoms with van der Waals surface area (Å²) in [5.74, 6) is 0.898. The van der Waals surface area contributed by atoms with Gasteiger partial charge in [0.05, 0.1) is 0 Å². The Hall–Kier alpha value is -2.64. The molecule has 0 aliphatic carbocycles. The summed E-state index contributed by atoms with van der Waals surface area (Å²) in [5, 5.41) is 20.4. The van der Waals surface area contributed by atoms with Gasteiger partial charge in [-0.2, -0.15) is 0 Å². The molecule has 1 aliphatic rings.